The zero-order chi connectivity index (χ0) is 20.2. The molecule has 0 spiro atoms. The number of fused-ring (bicyclic) bond motifs is 1. The Labute approximate surface area is 174 Å². The van der Waals surface area contributed by atoms with E-state index in [1.807, 2.05) is 29.2 Å². The van der Waals surface area contributed by atoms with Crippen molar-refractivity contribution in [2.75, 3.05) is 26.7 Å². The zero-order valence-corrected chi connectivity index (χ0v) is 17.6. The molecule has 0 unspecified atom stereocenters. The molecule has 1 aromatic rings. The van der Waals surface area contributed by atoms with Gasteiger partial charge in [-0.3, -0.25) is 9.59 Å². The van der Waals surface area contributed by atoms with Gasteiger partial charge in [0.2, 0.25) is 11.8 Å². The molecule has 158 valence electrons. The Balaban J connectivity index is 1.32. The van der Waals surface area contributed by atoms with Crippen LogP contribution in [0.15, 0.2) is 24.3 Å². The number of benzene rings is 1. The fraction of sp³-hybridized carbons (Fsp3) is 0.667. The first-order chi connectivity index (χ1) is 14.1. The molecule has 2 amide bonds. The molecule has 3 fully saturated rings. The smallest absolute Gasteiger partial charge is 0.227 e. The van der Waals surface area contributed by atoms with Crippen LogP contribution in [-0.4, -0.2) is 54.4 Å². The molecule has 5 heteroatoms. The third-order valence-electron chi connectivity index (χ3n) is 7.19. The topological polar surface area (TPSA) is 49.9 Å². The van der Waals surface area contributed by atoms with Gasteiger partial charge in [-0.15, -0.1) is 0 Å². The van der Waals surface area contributed by atoms with Crippen LogP contribution in [0.3, 0.4) is 0 Å². The van der Waals surface area contributed by atoms with Crippen LogP contribution in [0.25, 0.3) is 0 Å². The fourth-order valence-electron chi connectivity index (χ4n) is 5.55. The third kappa shape index (κ3) is 4.76. The van der Waals surface area contributed by atoms with Crippen molar-refractivity contribution >= 4 is 11.8 Å². The highest BCUT2D eigenvalue weighted by molar-refractivity contribution is 5.79. The summed E-state index contributed by atoms with van der Waals surface area (Å²) in [5.41, 5.74) is 1.02. The first-order valence-corrected chi connectivity index (χ1v) is 11.3. The number of ether oxygens (including phenoxy) is 1. The summed E-state index contributed by atoms with van der Waals surface area (Å²) in [6, 6.07) is 8.08. The zero-order valence-electron chi connectivity index (χ0n) is 17.6. The average Bonchev–Trinajstić information content (AvgIpc) is 3.26. The van der Waals surface area contributed by atoms with Crippen LogP contribution in [-0.2, 0) is 16.0 Å². The number of amides is 2. The number of methoxy groups -OCH3 is 1. The lowest BCUT2D eigenvalue weighted by atomic mass is 9.83. The SMILES string of the molecule is COc1ccc(CC(=O)N2CC[C@H]3[C@H](CCCN3C(=O)CC3CCCC3)C2)cc1. The van der Waals surface area contributed by atoms with Gasteiger partial charge in [0.25, 0.3) is 0 Å². The maximum atomic E-state index is 13.0. The molecule has 0 bridgehead atoms. The number of rotatable bonds is 5. The minimum atomic E-state index is 0.197. The summed E-state index contributed by atoms with van der Waals surface area (Å²) in [4.78, 5) is 30.0. The number of likely N-dealkylation sites (tertiary alicyclic amines) is 2. The van der Waals surface area contributed by atoms with Crippen molar-refractivity contribution in [3.05, 3.63) is 29.8 Å². The normalized spacial score (nSPS) is 25.0. The maximum absolute atomic E-state index is 13.0. The molecule has 1 aliphatic carbocycles. The van der Waals surface area contributed by atoms with Crippen molar-refractivity contribution in [3.8, 4) is 5.75 Å². The lowest BCUT2D eigenvalue weighted by Crippen LogP contribution is -2.57. The number of carbonyl (C=O) groups is 2. The third-order valence-corrected chi connectivity index (χ3v) is 7.19. The van der Waals surface area contributed by atoms with Crippen LogP contribution in [0.4, 0.5) is 0 Å². The van der Waals surface area contributed by atoms with Gasteiger partial charge in [-0.2, -0.15) is 0 Å². The molecule has 29 heavy (non-hydrogen) atoms. The lowest BCUT2D eigenvalue weighted by Gasteiger charge is -2.47. The van der Waals surface area contributed by atoms with Gasteiger partial charge in [0.15, 0.2) is 0 Å². The van der Waals surface area contributed by atoms with E-state index in [1.54, 1.807) is 7.11 Å². The number of hydrogen-bond acceptors (Lipinski definition) is 3. The van der Waals surface area contributed by atoms with Crippen LogP contribution in [0, 0.1) is 11.8 Å². The molecule has 3 aliphatic rings. The van der Waals surface area contributed by atoms with Crippen LogP contribution in [0.5, 0.6) is 5.75 Å². The predicted octanol–water partition coefficient (Wildman–Crippen LogP) is 3.66. The molecule has 0 N–H and O–H groups in total. The monoisotopic (exact) mass is 398 g/mol. The molecule has 0 aromatic heterocycles. The Morgan fingerprint density at radius 2 is 1.72 bits per heavy atom. The Kier molecular flexibility index (Phi) is 6.41. The van der Waals surface area contributed by atoms with E-state index < -0.39 is 0 Å². The van der Waals surface area contributed by atoms with E-state index in [0.29, 0.717) is 30.2 Å². The fourth-order valence-corrected chi connectivity index (χ4v) is 5.55. The molecule has 1 saturated carbocycles. The molecule has 2 heterocycles. The quantitative estimate of drug-likeness (QED) is 0.761. The Morgan fingerprint density at radius 3 is 2.45 bits per heavy atom. The van der Waals surface area contributed by atoms with E-state index in [-0.39, 0.29) is 5.91 Å². The van der Waals surface area contributed by atoms with E-state index in [9.17, 15) is 9.59 Å². The first-order valence-electron chi connectivity index (χ1n) is 11.3. The summed E-state index contributed by atoms with van der Waals surface area (Å²) >= 11 is 0. The molecular weight excluding hydrogens is 364 g/mol. The second-order valence-corrected chi connectivity index (χ2v) is 9.06. The minimum Gasteiger partial charge on any atom is -0.497 e. The highest BCUT2D eigenvalue weighted by Gasteiger charge is 2.39. The molecule has 0 radical (unpaired) electrons. The molecule has 1 aromatic carbocycles. The molecule has 2 atom stereocenters. The van der Waals surface area contributed by atoms with E-state index in [0.717, 1.165) is 56.6 Å². The van der Waals surface area contributed by atoms with E-state index in [4.69, 9.17) is 4.74 Å². The van der Waals surface area contributed by atoms with Gasteiger partial charge in [-0.1, -0.05) is 25.0 Å². The van der Waals surface area contributed by atoms with E-state index in [1.165, 1.54) is 25.7 Å². The van der Waals surface area contributed by atoms with Gasteiger partial charge in [0.05, 0.1) is 13.5 Å². The second-order valence-electron chi connectivity index (χ2n) is 9.06. The molecular formula is C24H34N2O3. The minimum absolute atomic E-state index is 0.197. The number of hydrogen-bond donors (Lipinski definition) is 0. The second kappa shape index (κ2) is 9.19. The summed E-state index contributed by atoms with van der Waals surface area (Å²) < 4.78 is 5.19. The number of nitrogens with zero attached hydrogens (tertiary/aromatic N) is 2. The molecule has 4 rings (SSSR count). The van der Waals surface area contributed by atoms with Gasteiger partial charge in [0.1, 0.15) is 5.75 Å². The van der Waals surface area contributed by atoms with E-state index in [2.05, 4.69) is 4.90 Å². The van der Waals surface area contributed by atoms with E-state index >= 15 is 0 Å². The molecule has 2 aliphatic heterocycles. The number of carbonyl (C=O) groups excluding carboxylic acids is 2. The summed E-state index contributed by atoms with van der Waals surface area (Å²) in [6.07, 6.45) is 9.32. The lowest BCUT2D eigenvalue weighted by molar-refractivity contribution is -0.142. The van der Waals surface area contributed by atoms with Gasteiger partial charge in [-0.05, 0) is 61.6 Å². The Morgan fingerprint density at radius 1 is 0.966 bits per heavy atom. The number of piperidine rings is 2. The predicted molar refractivity (Wildman–Crippen MR) is 113 cm³/mol. The van der Waals surface area contributed by atoms with Gasteiger partial charge in [-0.25, -0.2) is 0 Å². The average molecular weight is 399 g/mol. The summed E-state index contributed by atoms with van der Waals surface area (Å²) in [6.45, 7) is 2.47. The summed E-state index contributed by atoms with van der Waals surface area (Å²) in [5, 5.41) is 0. The van der Waals surface area contributed by atoms with Gasteiger partial charge >= 0.3 is 0 Å². The summed E-state index contributed by atoms with van der Waals surface area (Å²) in [7, 11) is 1.65. The van der Waals surface area contributed by atoms with Gasteiger partial charge < -0.3 is 14.5 Å². The van der Waals surface area contributed by atoms with Gasteiger partial charge in [0, 0.05) is 32.1 Å². The van der Waals surface area contributed by atoms with Crippen molar-refractivity contribution in [3.63, 3.8) is 0 Å². The van der Waals surface area contributed by atoms with Crippen molar-refractivity contribution < 1.29 is 14.3 Å². The Bertz CT molecular complexity index is 711. The van der Waals surface area contributed by atoms with Crippen LogP contribution < -0.4 is 4.74 Å². The largest absolute Gasteiger partial charge is 0.497 e. The Hall–Kier alpha value is -2.04. The van der Waals surface area contributed by atoms with Crippen molar-refractivity contribution in [1.29, 1.82) is 0 Å². The maximum Gasteiger partial charge on any atom is 0.227 e. The first kappa shape index (κ1) is 20.2. The van der Waals surface area contributed by atoms with Crippen molar-refractivity contribution in [2.45, 2.75) is 63.8 Å². The van der Waals surface area contributed by atoms with Crippen LogP contribution >= 0.6 is 0 Å². The van der Waals surface area contributed by atoms with Crippen LogP contribution in [0.2, 0.25) is 0 Å². The van der Waals surface area contributed by atoms with Crippen molar-refractivity contribution in [1.82, 2.24) is 9.80 Å². The van der Waals surface area contributed by atoms with Crippen LogP contribution in [0.1, 0.15) is 56.9 Å². The standard InChI is InChI=1S/C24H34N2O3/c1-29-21-10-8-19(9-11-21)15-23(27)25-14-12-22-20(17-25)7-4-13-26(22)24(28)16-18-5-2-3-6-18/h8-11,18,20,22H,2-7,12-17H2,1H3/t20-,22+/m1/s1. The molecule has 5 nitrogen and oxygen atoms in total. The highest BCUT2D eigenvalue weighted by Crippen LogP contribution is 2.34. The summed E-state index contributed by atoms with van der Waals surface area (Å²) in [5.74, 6) is 2.41. The highest BCUT2D eigenvalue weighted by atomic mass is 16.5. The van der Waals surface area contributed by atoms with Crippen molar-refractivity contribution in [2.24, 2.45) is 11.8 Å². The molecule has 2 saturated heterocycles.